The number of nitrogens with one attached hydrogen (secondary N) is 1. The van der Waals surface area contributed by atoms with E-state index in [0.717, 1.165) is 5.56 Å². The minimum absolute atomic E-state index is 0.0230. The fourth-order valence-electron chi connectivity index (χ4n) is 2.27. The van der Waals surface area contributed by atoms with Crippen LogP contribution in [0.3, 0.4) is 0 Å². The highest BCUT2D eigenvalue weighted by Gasteiger charge is 2.01. The molecule has 0 aromatic heterocycles. The van der Waals surface area contributed by atoms with Gasteiger partial charge in [-0.15, -0.1) is 0 Å². The van der Waals surface area contributed by atoms with Crippen molar-refractivity contribution in [3.63, 3.8) is 0 Å². The molecule has 184 valence electrons. The van der Waals surface area contributed by atoms with Crippen LogP contribution in [0.2, 0.25) is 0 Å². The molecule has 10 nitrogen and oxygen atoms in total. The molecule has 10 heteroatoms. The summed E-state index contributed by atoms with van der Waals surface area (Å²) in [5, 5.41) is 11.2. The van der Waals surface area contributed by atoms with Gasteiger partial charge in [0, 0.05) is 6.54 Å². The van der Waals surface area contributed by atoms with Crippen LogP contribution in [0.1, 0.15) is 5.56 Å². The summed E-state index contributed by atoms with van der Waals surface area (Å²) < 4.78 is 37.0. The second kappa shape index (κ2) is 22.4. The summed E-state index contributed by atoms with van der Waals surface area (Å²) in [4.78, 5) is 11.6. The van der Waals surface area contributed by atoms with Crippen molar-refractivity contribution in [1.29, 1.82) is 0 Å². The third-order valence-electron chi connectivity index (χ3n) is 3.82. The number of carbonyl (C=O) groups excluding carboxylic acids is 1. The summed E-state index contributed by atoms with van der Waals surface area (Å²) in [6.45, 7) is 6.14. The molecule has 0 spiro atoms. The van der Waals surface area contributed by atoms with Crippen LogP contribution in [0.25, 0.3) is 0 Å². The molecule has 0 aliphatic heterocycles. The van der Waals surface area contributed by atoms with Gasteiger partial charge in [-0.05, 0) is 5.56 Å². The minimum Gasteiger partial charge on any atom is -0.445 e. The van der Waals surface area contributed by atoms with Crippen LogP contribution in [-0.2, 0) is 39.8 Å². The highest BCUT2D eigenvalue weighted by molar-refractivity contribution is 5.67. The maximum absolute atomic E-state index is 11.6. The highest BCUT2D eigenvalue weighted by Crippen LogP contribution is 2.00. The van der Waals surface area contributed by atoms with E-state index in [0.29, 0.717) is 85.8 Å². The number of aliphatic hydroxyl groups is 1. The first kappa shape index (κ1) is 28.2. The molecule has 0 saturated heterocycles. The van der Waals surface area contributed by atoms with Crippen LogP contribution >= 0.6 is 0 Å². The van der Waals surface area contributed by atoms with Crippen molar-refractivity contribution in [3.8, 4) is 0 Å². The van der Waals surface area contributed by atoms with E-state index in [2.05, 4.69) is 5.32 Å². The summed E-state index contributed by atoms with van der Waals surface area (Å²) >= 11 is 0. The second-order valence-corrected chi connectivity index (χ2v) is 6.39. The summed E-state index contributed by atoms with van der Waals surface area (Å²) in [6, 6.07) is 9.50. The Balaban J connectivity index is 1.71. The van der Waals surface area contributed by atoms with Gasteiger partial charge >= 0.3 is 6.09 Å². The molecule has 1 amide bonds. The topological polar surface area (TPSA) is 114 Å². The fourth-order valence-corrected chi connectivity index (χ4v) is 2.27. The quantitative estimate of drug-likeness (QED) is 0.245. The minimum atomic E-state index is -0.466. The van der Waals surface area contributed by atoms with E-state index in [1.807, 2.05) is 30.3 Å². The number of benzene rings is 1. The van der Waals surface area contributed by atoms with E-state index < -0.39 is 6.09 Å². The maximum atomic E-state index is 11.6. The monoisotopic (exact) mass is 459 g/mol. The van der Waals surface area contributed by atoms with E-state index in [4.69, 9.17) is 38.3 Å². The Morgan fingerprint density at radius 2 is 1.09 bits per heavy atom. The molecule has 0 heterocycles. The van der Waals surface area contributed by atoms with Crippen LogP contribution in [0.5, 0.6) is 0 Å². The first-order chi connectivity index (χ1) is 15.8. The van der Waals surface area contributed by atoms with Gasteiger partial charge in [0.1, 0.15) is 6.61 Å². The molecule has 1 rings (SSSR count). The van der Waals surface area contributed by atoms with Crippen LogP contribution < -0.4 is 5.32 Å². The lowest BCUT2D eigenvalue weighted by atomic mass is 10.2. The average Bonchev–Trinajstić information content (AvgIpc) is 2.82. The van der Waals surface area contributed by atoms with Gasteiger partial charge < -0.3 is 43.6 Å². The summed E-state index contributed by atoms with van der Waals surface area (Å²) in [5.74, 6) is 0. The Hall–Kier alpha value is -1.79. The number of hydrogen-bond donors (Lipinski definition) is 2. The number of ether oxygens (including phenoxy) is 7. The van der Waals surface area contributed by atoms with Gasteiger partial charge in [0.05, 0.1) is 85.9 Å². The van der Waals surface area contributed by atoms with Gasteiger partial charge in [-0.1, -0.05) is 30.3 Å². The first-order valence-electron chi connectivity index (χ1n) is 10.8. The van der Waals surface area contributed by atoms with E-state index >= 15 is 0 Å². The van der Waals surface area contributed by atoms with Crippen LogP contribution in [0, 0.1) is 0 Å². The molecule has 0 aliphatic carbocycles. The third kappa shape index (κ3) is 18.9. The van der Waals surface area contributed by atoms with Crippen LogP contribution in [0.4, 0.5) is 4.79 Å². The maximum Gasteiger partial charge on any atom is 0.407 e. The first-order valence-corrected chi connectivity index (χ1v) is 10.8. The van der Waals surface area contributed by atoms with Gasteiger partial charge in [0.2, 0.25) is 0 Å². The second-order valence-electron chi connectivity index (χ2n) is 6.39. The fraction of sp³-hybridized carbons (Fsp3) is 0.682. The molecule has 0 saturated carbocycles. The SMILES string of the molecule is O=C(NCCOCCOCCOCCOCCOCCOCCO)OCc1ccccc1. The molecule has 0 aliphatic rings. The van der Waals surface area contributed by atoms with Crippen molar-refractivity contribution in [3.05, 3.63) is 35.9 Å². The number of carbonyl (C=O) groups is 1. The molecule has 0 unspecified atom stereocenters. The van der Waals surface area contributed by atoms with Gasteiger partial charge in [-0.3, -0.25) is 0 Å². The molecule has 0 atom stereocenters. The molecule has 0 fully saturated rings. The standard InChI is InChI=1S/C22H37NO9/c24-7-9-27-11-13-29-15-17-31-19-18-30-16-14-28-12-10-26-8-6-23-22(25)32-20-21-4-2-1-3-5-21/h1-5,24H,6-20H2,(H,23,25). The molecular weight excluding hydrogens is 422 g/mol. The number of aliphatic hydroxyl groups excluding tert-OH is 1. The Morgan fingerprint density at radius 1 is 0.656 bits per heavy atom. The predicted molar refractivity (Wildman–Crippen MR) is 117 cm³/mol. The van der Waals surface area contributed by atoms with Crippen LogP contribution in [0.15, 0.2) is 30.3 Å². The Labute approximate surface area is 190 Å². The molecule has 32 heavy (non-hydrogen) atoms. The van der Waals surface area contributed by atoms with Crippen molar-refractivity contribution in [2.45, 2.75) is 6.61 Å². The lowest BCUT2D eigenvalue weighted by Gasteiger charge is -2.09. The Morgan fingerprint density at radius 3 is 1.56 bits per heavy atom. The zero-order valence-corrected chi connectivity index (χ0v) is 18.7. The molecule has 0 bridgehead atoms. The van der Waals surface area contributed by atoms with Gasteiger partial charge in [-0.2, -0.15) is 0 Å². The molecule has 1 aromatic rings. The smallest absolute Gasteiger partial charge is 0.407 e. The van der Waals surface area contributed by atoms with E-state index in [-0.39, 0.29) is 13.2 Å². The molecule has 1 aromatic carbocycles. The van der Waals surface area contributed by atoms with Crippen molar-refractivity contribution >= 4 is 6.09 Å². The lowest BCUT2D eigenvalue weighted by Crippen LogP contribution is -2.28. The molecule has 0 radical (unpaired) electrons. The Kier molecular flexibility index (Phi) is 19.8. The van der Waals surface area contributed by atoms with E-state index in [1.165, 1.54) is 0 Å². The Bertz CT molecular complexity index is 533. The van der Waals surface area contributed by atoms with Gasteiger partial charge in [0.25, 0.3) is 0 Å². The lowest BCUT2D eigenvalue weighted by molar-refractivity contribution is -0.0180. The molecule has 2 N–H and O–H groups in total. The van der Waals surface area contributed by atoms with Gasteiger partial charge in [-0.25, -0.2) is 4.79 Å². The van der Waals surface area contributed by atoms with Crippen molar-refractivity contribution in [1.82, 2.24) is 5.32 Å². The summed E-state index contributed by atoms with van der Waals surface area (Å²) in [6.07, 6.45) is -0.466. The van der Waals surface area contributed by atoms with E-state index in [9.17, 15) is 4.79 Å². The van der Waals surface area contributed by atoms with Crippen LogP contribution in [-0.4, -0.2) is 104 Å². The number of hydrogen-bond acceptors (Lipinski definition) is 9. The van der Waals surface area contributed by atoms with Crippen molar-refractivity contribution in [2.75, 3.05) is 92.4 Å². The van der Waals surface area contributed by atoms with E-state index in [1.54, 1.807) is 0 Å². The zero-order chi connectivity index (χ0) is 23.0. The molecular formula is C22H37NO9. The normalized spacial score (nSPS) is 10.9. The van der Waals surface area contributed by atoms with Crippen molar-refractivity contribution < 1.29 is 43.1 Å². The van der Waals surface area contributed by atoms with Gasteiger partial charge in [0.15, 0.2) is 0 Å². The third-order valence-corrected chi connectivity index (χ3v) is 3.82. The highest BCUT2D eigenvalue weighted by atomic mass is 16.6. The summed E-state index contributed by atoms with van der Waals surface area (Å²) in [5.41, 5.74) is 0.940. The zero-order valence-electron chi connectivity index (χ0n) is 18.7. The number of alkyl carbamates (subject to hydrolysis) is 1. The average molecular weight is 460 g/mol. The largest absolute Gasteiger partial charge is 0.445 e. The number of rotatable bonds is 22. The predicted octanol–water partition coefficient (Wildman–Crippen LogP) is 1.00. The number of amides is 1. The summed E-state index contributed by atoms with van der Waals surface area (Å²) in [7, 11) is 0. The van der Waals surface area contributed by atoms with Crippen molar-refractivity contribution in [2.24, 2.45) is 0 Å².